The predicted octanol–water partition coefficient (Wildman–Crippen LogP) is 9.31. The van der Waals surface area contributed by atoms with E-state index >= 15 is 9.59 Å². The summed E-state index contributed by atoms with van der Waals surface area (Å²) in [6.45, 7) is 31.8. The van der Waals surface area contributed by atoms with Crippen molar-refractivity contribution in [3.05, 3.63) is 151 Å². The molecular formula is C44H44N4O2. The Morgan fingerprint density at radius 1 is 0.320 bits per heavy atom. The molecule has 4 radical (unpaired) electrons. The average molecular weight is 661 g/mol. The second-order valence-electron chi connectivity index (χ2n) is 14.6. The molecule has 0 saturated heterocycles. The molecule has 1 aliphatic carbocycles. The summed E-state index contributed by atoms with van der Waals surface area (Å²) in [6.07, 6.45) is 0. The minimum Gasteiger partial charge on any atom is -0.304 e. The fraction of sp³-hybridized carbons (Fsp3) is 0.273. The van der Waals surface area contributed by atoms with Crippen LogP contribution in [-0.4, -0.2) is 11.6 Å². The molecule has 0 bridgehead atoms. The van der Waals surface area contributed by atoms with Gasteiger partial charge in [0.05, 0.1) is 0 Å². The Morgan fingerprint density at radius 3 is 0.640 bits per heavy atom. The zero-order chi connectivity index (χ0) is 36.1. The minimum atomic E-state index is -0.247. The Balaban J connectivity index is 1.53. The molecule has 6 nitrogen and oxygen atoms in total. The van der Waals surface area contributed by atoms with Gasteiger partial charge in [0, 0.05) is 22.7 Å². The number of anilines is 4. The first-order valence-electron chi connectivity index (χ1n) is 17.2. The van der Waals surface area contributed by atoms with Crippen molar-refractivity contribution in [3.63, 3.8) is 0 Å². The Bertz CT molecular complexity index is 1850. The Hall–Kier alpha value is -5.10. The number of ketones is 2. The van der Waals surface area contributed by atoms with E-state index in [9.17, 15) is 0 Å². The average Bonchev–Trinajstić information content (AvgIpc) is 3.54. The third-order valence-corrected chi connectivity index (χ3v) is 10.0. The molecule has 0 aromatic heterocycles. The van der Waals surface area contributed by atoms with E-state index in [1.165, 1.54) is 0 Å². The number of carbonyl (C=O) groups is 2. The molecule has 4 aromatic carbocycles. The summed E-state index contributed by atoms with van der Waals surface area (Å²) in [6, 6.07) is 16.9. The summed E-state index contributed by atoms with van der Waals surface area (Å²) < 4.78 is 0. The van der Waals surface area contributed by atoms with Gasteiger partial charge in [-0.1, -0.05) is 70.8 Å². The van der Waals surface area contributed by atoms with Crippen molar-refractivity contribution in [2.24, 2.45) is 0 Å². The lowest BCUT2D eigenvalue weighted by atomic mass is 9.94. The molecule has 2 aliphatic heterocycles. The number of hydrogen-bond donors (Lipinski definition) is 0. The molecule has 4 aromatic rings. The highest BCUT2D eigenvalue weighted by Gasteiger charge is 2.53. The summed E-state index contributed by atoms with van der Waals surface area (Å²) in [5.41, 5.74) is 17.1. The van der Waals surface area contributed by atoms with Gasteiger partial charge in [-0.15, -0.1) is 0 Å². The van der Waals surface area contributed by atoms with E-state index < -0.39 is 0 Å². The van der Waals surface area contributed by atoms with Crippen LogP contribution in [0.2, 0.25) is 0 Å². The fourth-order valence-corrected chi connectivity index (χ4v) is 8.63. The minimum absolute atomic E-state index is 0.247. The van der Waals surface area contributed by atoms with Gasteiger partial charge in [0.15, 0.2) is 0 Å². The van der Waals surface area contributed by atoms with Crippen LogP contribution >= 0.6 is 0 Å². The third kappa shape index (κ3) is 4.99. The number of hydrogen-bond acceptors (Lipinski definition) is 6. The van der Waals surface area contributed by atoms with Crippen LogP contribution in [0.1, 0.15) is 66.8 Å². The van der Waals surface area contributed by atoms with E-state index in [0.717, 1.165) is 89.5 Å². The quantitative estimate of drug-likeness (QED) is 0.203. The standard InChI is InChI=1S/C44H44N4O2/c1-23-13-27(5)35(28(6)14-23)45-21-46(36-29(7)15-24(2)16-30(36)8)40-39(45)43(49)41-42(44(40)50)48(38-33(11)19-26(4)20-34(38)12)22-47(41)37-31(9)17-25(3)18-32(37)10/h13-20H,1-12H3. The third-order valence-electron chi connectivity index (χ3n) is 10.0. The lowest BCUT2D eigenvalue weighted by Gasteiger charge is -2.28. The topological polar surface area (TPSA) is 47.1 Å². The predicted molar refractivity (Wildman–Crippen MR) is 203 cm³/mol. The number of Topliss-reactive ketones (excluding diaryl/α,β-unsaturated/α-hetero) is 2. The van der Waals surface area contributed by atoms with Crippen molar-refractivity contribution in [1.29, 1.82) is 0 Å². The van der Waals surface area contributed by atoms with Gasteiger partial charge in [0.2, 0.25) is 24.9 Å². The first kappa shape index (κ1) is 33.4. The number of carbonyl (C=O) groups excluding carboxylic acids is 2. The highest BCUT2D eigenvalue weighted by molar-refractivity contribution is 6.32. The number of aryl methyl sites for hydroxylation is 12. The highest BCUT2D eigenvalue weighted by atomic mass is 16.1. The highest BCUT2D eigenvalue weighted by Crippen LogP contribution is 2.51. The van der Waals surface area contributed by atoms with E-state index in [4.69, 9.17) is 0 Å². The summed E-state index contributed by atoms with van der Waals surface area (Å²) in [5, 5.41) is 0. The SMILES string of the molecule is Cc1cc(C)c(N2[C]N(c3c(C)cc(C)cc3C)C3=C2C(=O)C2=C(C3=O)N(c3c(C)cc(C)cc3C)[C]N2c2c(C)cc(C)cc2C)c(C)c1. The van der Waals surface area contributed by atoms with Gasteiger partial charge in [0.1, 0.15) is 22.8 Å². The Kier molecular flexibility index (Phi) is 7.85. The largest absolute Gasteiger partial charge is 0.304 e. The maximum absolute atomic E-state index is 15.5. The summed E-state index contributed by atoms with van der Waals surface area (Å²) in [7, 11) is 0. The fourth-order valence-electron chi connectivity index (χ4n) is 8.63. The smallest absolute Gasteiger partial charge is 0.230 e. The molecule has 0 atom stereocenters. The van der Waals surface area contributed by atoms with Crippen LogP contribution < -0.4 is 19.6 Å². The van der Waals surface area contributed by atoms with Gasteiger partial charge >= 0.3 is 0 Å². The second kappa shape index (κ2) is 11.8. The van der Waals surface area contributed by atoms with Crippen LogP contribution in [0.5, 0.6) is 0 Å². The number of benzene rings is 4. The molecule has 0 N–H and O–H groups in total. The van der Waals surface area contributed by atoms with Crippen molar-refractivity contribution in [3.8, 4) is 0 Å². The van der Waals surface area contributed by atoms with Gasteiger partial charge in [-0.05, 0) is 128 Å². The molecule has 6 heteroatoms. The second-order valence-corrected chi connectivity index (χ2v) is 14.6. The van der Waals surface area contributed by atoms with Gasteiger partial charge in [-0.2, -0.15) is 0 Å². The molecule has 0 unspecified atom stereocenters. The maximum atomic E-state index is 15.5. The maximum Gasteiger partial charge on any atom is 0.230 e. The molecule has 0 fully saturated rings. The molecule has 2 heterocycles. The molecule has 50 heavy (non-hydrogen) atoms. The van der Waals surface area contributed by atoms with Gasteiger partial charge in [-0.25, -0.2) is 0 Å². The van der Waals surface area contributed by atoms with Crippen LogP contribution in [-0.2, 0) is 9.59 Å². The molecule has 252 valence electrons. The van der Waals surface area contributed by atoms with E-state index in [-0.39, 0.29) is 11.6 Å². The van der Waals surface area contributed by atoms with Crippen LogP contribution in [0.3, 0.4) is 0 Å². The zero-order valence-corrected chi connectivity index (χ0v) is 31.2. The van der Waals surface area contributed by atoms with Gasteiger partial charge in [-0.3, -0.25) is 9.59 Å². The van der Waals surface area contributed by atoms with Gasteiger partial charge < -0.3 is 19.6 Å². The van der Waals surface area contributed by atoms with E-state index in [2.05, 4.69) is 145 Å². The lowest BCUT2D eigenvalue weighted by Crippen LogP contribution is -2.35. The molecule has 0 saturated carbocycles. The molecule has 0 spiro atoms. The molecule has 3 aliphatic rings. The summed E-state index contributed by atoms with van der Waals surface area (Å²) >= 11 is 0. The van der Waals surface area contributed by atoms with Crippen molar-refractivity contribution in [2.75, 3.05) is 19.6 Å². The number of nitrogens with zero attached hydrogens (tertiary/aromatic N) is 4. The van der Waals surface area contributed by atoms with Gasteiger partial charge in [0.25, 0.3) is 0 Å². The summed E-state index contributed by atoms with van der Waals surface area (Å²) in [5.74, 6) is -0.494. The van der Waals surface area contributed by atoms with E-state index in [1.807, 2.05) is 19.6 Å². The van der Waals surface area contributed by atoms with Crippen molar-refractivity contribution < 1.29 is 9.59 Å². The molecule has 7 rings (SSSR count). The first-order chi connectivity index (χ1) is 23.6. The molecule has 0 amide bonds. The number of rotatable bonds is 4. The lowest BCUT2D eigenvalue weighted by molar-refractivity contribution is -0.116. The Morgan fingerprint density at radius 2 is 0.480 bits per heavy atom. The van der Waals surface area contributed by atoms with E-state index in [1.54, 1.807) is 0 Å². The van der Waals surface area contributed by atoms with Crippen molar-refractivity contribution in [2.45, 2.75) is 83.1 Å². The van der Waals surface area contributed by atoms with Crippen molar-refractivity contribution >= 4 is 34.3 Å². The first-order valence-corrected chi connectivity index (χ1v) is 17.2. The Labute approximate surface area is 297 Å². The normalized spacial score (nSPS) is 16.0. The summed E-state index contributed by atoms with van der Waals surface area (Å²) in [4.78, 5) is 38.3. The van der Waals surface area contributed by atoms with Crippen LogP contribution in [0.15, 0.2) is 71.3 Å². The molecular weight excluding hydrogens is 617 g/mol. The zero-order valence-electron chi connectivity index (χ0n) is 31.2. The van der Waals surface area contributed by atoms with E-state index in [0.29, 0.717) is 22.8 Å². The van der Waals surface area contributed by atoms with Crippen LogP contribution in [0, 0.1) is 96.4 Å². The van der Waals surface area contributed by atoms with Crippen LogP contribution in [0.4, 0.5) is 22.7 Å². The van der Waals surface area contributed by atoms with Crippen LogP contribution in [0.25, 0.3) is 0 Å². The monoisotopic (exact) mass is 660 g/mol. The van der Waals surface area contributed by atoms with Crippen molar-refractivity contribution in [1.82, 2.24) is 0 Å².